The lowest BCUT2D eigenvalue weighted by Gasteiger charge is -2.39. The molecule has 1 N–H and O–H groups in total. The summed E-state index contributed by atoms with van der Waals surface area (Å²) in [7, 11) is 0. The van der Waals surface area contributed by atoms with Gasteiger partial charge in [0.1, 0.15) is 19.8 Å². The summed E-state index contributed by atoms with van der Waals surface area (Å²) in [5.74, 6) is 1.47. The van der Waals surface area contributed by atoms with Crippen molar-refractivity contribution < 1.29 is 19.0 Å². The summed E-state index contributed by atoms with van der Waals surface area (Å²) in [6.07, 6.45) is -0.390. The van der Waals surface area contributed by atoms with E-state index in [-0.39, 0.29) is 23.9 Å². The summed E-state index contributed by atoms with van der Waals surface area (Å²) >= 11 is 0. The number of hydrogen-bond acceptors (Lipinski definition) is 4. The molecular weight excluding hydrogens is 282 g/mol. The molecule has 1 aromatic carbocycles. The molecule has 2 aliphatic rings. The number of para-hydroxylation sites is 1. The van der Waals surface area contributed by atoms with Crippen molar-refractivity contribution in [1.82, 2.24) is 5.32 Å². The number of benzene rings is 1. The second kappa shape index (κ2) is 5.40. The van der Waals surface area contributed by atoms with Gasteiger partial charge in [-0.1, -0.05) is 26.0 Å². The summed E-state index contributed by atoms with van der Waals surface area (Å²) in [5.41, 5.74) is 0.739. The largest absolute Gasteiger partial charge is 0.486 e. The molecule has 0 unspecified atom stereocenters. The standard InChI is InChI=1S/C14H17NO4.ClH/c1-14(2)8-19-13(16)15-12(14)9-4-3-5-10-11(9)18-7-6-17-10;/h3-5,12H,6-8H2,1-2H3,(H,15,16);1H/t12-;/m0./s1. The van der Waals surface area contributed by atoms with Crippen LogP contribution in [0.15, 0.2) is 18.2 Å². The van der Waals surface area contributed by atoms with Gasteiger partial charge in [-0.3, -0.25) is 0 Å². The first-order chi connectivity index (χ1) is 9.08. The predicted molar refractivity (Wildman–Crippen MR) is 75.7 cm³/mol. The number of fused-ring (bicyclic) bond motifs is 1. The van der Waals surface area contributed by atoms with Crippen molar-refractivity contribution >= 4 is 18.5 Å². The lowest BCUT2D eigenvalue weighted by molar-refractivity contribution is 0.0371. The van der Waals surface area contributed by atoms with Crippen molar-refractivity contribution in [3.8, 4) is 11.5 Å². The summed E-state index contributed by atoms with van der Waals surface area (Å²) in [5, 5.41) is 2.88. The fourth-order valence-corrected chi connectivity index (χ4v) is 2.51. The van der Waals surface area contributed by atoms with Crippen LogP contribution in [0.3, 0.4) is 0 Å². The number of nitrogens with one attached hydrogen (secondary N) is 1. The average molecular weight is 300 g/mol. The Morgan fingerprint density at radius 3 is 2.75 bits per heavy atom. The minimum Gasteiger partial charge on any atom is -0.486 e. The first kappa shape index (κ1) is 14.8. The van der Waals surface area contributed by atoms with Gasteiger partial charge in [0, 0.05) is 11.0 Å². The average Bonchev–Trinajstić information content (AvgIpc) is 2.41. The first-order valence-electron chi connectivity index (χ1n) is 6.40. The van der Waals surface area contributed by atoms with Crippen molar-refractivity contribution in [2.75, 3.05) is 19.8 Å². The monoisotopic (exact) mass is 299 g/mol. The highest BCUT2D eigenvalue weighted by atomic mass is 35.5. The molecule has 2 aliphatic heterocycles. The number of carbonyl (C=O) groups excluding carboxylic acids is 1. The number of amides is 1. The van der Waals surface area contributed by atoms with Gasteiger partial charge in [0.25, 0.3) is 0 Å². The van der Waals surface area contributed by atoms with Crippen LogP contribution in [0.1, 0.15) is 25.5 Å². The number of cyclic esters (lactones) is 1. The topological polar surface area (TPSA) is 56.8 Å². The Kier molecular flexibility index (Phi) is 3.99. The number of halogens is 1. The molecule has 3 rings (SSSR count). The van der Waals surface area contributed by atoms with E-state index in [1.165, 1.54) is 0 Å². The predicted octanol–water partition coefficient (Wildman–Crippen LogP) is 2.69. The van der Waals surface area contributed by atoms with Crippen LogP contribution >= 0.6 is 12.4 Å². The van der Waals surface area contributed by atoms with Crippen molar-refractivity contribution in [2.45, 2.75) is 19.9 Å². The molecule has 1 amide bonds. The highest BCUT2D eigenvalue weighted by Gasteiger charge is 2.40. The molecule has 2 heterocycles. The SMILES string of the molecule is CC1(C)COC(=O)N[C@H]1c1cccc2c1OCCO2.Cl. The second-order valence-corrected chi connectivity index (χ2v) is 5.51. The summed E-state index contributed by atoms with van der Waals surface area (Å²) < 4.78 is 16.4. The van der Waals surface area contributed by atoms with Crippen LogP contribution in [0.2, 0.25) is 0 Å². The second-order valence-electron chi connectivity index (χ2n) is 5.51. The van der Waals surface area contributed by atoms with Gasteiger partial charge in [0.2, 0.25) is 0 Å². The Hall–Kier alpha value is -1.62. The molecule has 1 aromatic rings. The minimum absolute atomic E-state index is 0. The van der Waals surface area contributed by atoms with E-state index in [0.717, 1.165) is 17.1 Å². The van der Waals surface area contributed by atoms with Gasteiger partial charge < -0.3 is 19.5 Å². The van der Waals surface area contributed by atoms with Crippen LogP contribution in [0.5, 0.6) is 11.5 Å². The zero-order chi connectivity index (χ0) is 13.5. The van der Waals surface area contributed by atoms with Crippen molar-refractivity contribution in [1.29, 1.82) is 0 Å². The van der Waals surface area contributed by atoms with Gasteiger partial charge in [0.15, 0.2) is 11.5 Å². The Balaban J connectivity index is 0.00000147. The normalized spacial score (nSPS) is 23.1. The van der Waals surface area contributed by atoms with Gasteiger partial charge in [-0.15, -0.1) is 12.4 Å². The van der Waals surface area contributed by atoms with Crippen LogP contribution in [0.25, 0.3) is 0 Å². The molecule has 0 saturated carbocycles. The molecule has 1 saturated heterocycles. The van der Waals surface area contributed by atoms with Gasteiger partial charge in [-0.25, -0.2) is 4.79 Å². The fourth-order valence-electron chi connectivity index (χ4n) is 2.51. The third-order valence-electron chi connectivity index (χ3n) is 3.53. The Bertz CT molecular complexity index is 518. The molecule has 0 radical (unpaired) electrons. The van der Waals surface area contributed by atoms with E-state index in [1.54, 1.807) is 0 Å². The summed E-state index contributed by atoms with van der Waals surface area (Å²) in [6, 6.07) is 5.61. The number of alkyl carbamates (subject to hydrolysis) is 1. The van der Waals surface area contributed by atoms with E-state index in [9.17, 15) is 4.79 Å². The molecule has 20 heavy (non-hydrogen) atoms. The fraction of sp³-hybridized carbons (Fsp3) is 0.500. The van der Waals surface area contributed by atoms with Crippen LogP contribution in [-0.4, -0.2) is 25.9 Å². The van der Waals surface area contributed by atoms with Gasteiger partial charge in [-0.2, -0.15) is 0 Å². The van der Waals surface area contributed by atoms with E-state index >= 15 is 0 Å². The smallest absolute Gasteiger partial charge is 0.407 e. The highest BCUT2D eigenvalue weighted by molar-refractivity contribution is 5.85. The van der Waals surface area contributed by atoms with Crippen LogP contribution in [0.4, 0.5) is 4.79 Å². The van der Waals surface area contributed by atoms with Crippen LogP contribution in [0, 0.1) is 5.41 Å². The van der Waals surface area contributed by atoms with Crippen molar-refractivity contribution in [3.05, 3.63) is 23.8 Å². The van der Waals surface area contributed by atoms with Crippen molar-refractivity contribution in [2.24, 2.45) is 5.41 Å². The van der Waals surface area contributed by atoms with E-state index in [2.05, 4.69) is 19.2 Å². The maximum absolute atomic E-state index is 11.5. The Morgan fingerprint density at radius 2 is 1.95 bits per heavy atom. The van der Waals surface area contributed by atoms with Gasteiger partial charge in [0.05, 0.1) is 6.04 Å². The third kappa shape index (κ3) is 2.50. The van der Waals surface area contributed by atoms with Crippen molar-refractivity contribution in [3.63, 3.8) is 0 Å². The van der Waals surface area contributed by atoms with Gasteiger partial charge in [-0.05, 0) is 6.07 Å². The number of ether oxygens (including phenoxy) is 3. The van der Waals surface area contributed by atoms with Crippen LogP contribution in [-0.2, 0) is 4.74 Å². The number of hydrogen-bond donors (Lipinski definition) is 1. The molecule has 5 nitrogen and oxygen atoms in total. The number of rotatable bonds is 1. The van der Waals surface area contributed by atoms with Gasteiger partial charge >= 0.3 is 6.09 Å². The highest BCUT2D eigenvalue weighted by Crippen LogP contribution is 2.44. The van der Waals surface area contributed by atoms with Crippen LogP contribution < -0.4 is 14.8 Å². The summed E-state index contributed by atoms with van der Waals surface area (Å²) in [4.78, 5) is 11.5. The van der Waals surface area contributed by atoms with E-state index < -0.39 is 6.09 Å². The lowest BCUT2D eigenvalue weighted by Crippen LogP contribution is -2.47. The maximum Gasteiger partial charge on any atom is 0.407 e. The molecule has 6 heteroatoms. The zero-order valence-corrected chi connectivity index (χ0v) is 12.3. The quantitative estimate of drug-likeness (QED) is 0.866. The van der Waals surface area contributed by atoms with E-state index in [4.69, 9.17) is 14.2 Å². The molecule has 1 fully saturated rings. The molecular formula is C14H18ClNO4. The molecule has 0 spiro atoms. The van der Waals surface area contributed by atoms with E-state index in [1.807, 2.05) is 18.2 Å². The Morgan fingerprint density at radius 1 is 1.20 bits per heavy atom. The molecule has 0 aromatic heterocycles. The third-order valence-corrected chi connectivity index (χ3v) is 3.53. The molecule has 0 bridgehead atoms. The first-order valence-corrected chi connectivity index (χ1v) is 6.40. The Labute approximate surface area is 124 Å². The molecule has 0 aliphatic carbocycles. The molecule has 1 atom stereocenters. The van der Waals surface area contributed by atoms with E-state index in [0.29, 0.717) is 19.8 Å². The lowest BCUT2D eigenvalue weighted by atomic mass is 9.80. The molecule has 110 valence electrons. The minimum atomic E-state index is -0.390. The zero-order valence-electron chi connectivity index (χ0n) is 11.5. The summed E-state index contributed by atoms with van der Waals surface area (Å²) in [6.45, 7) is 5.58. The maximum atomic E-state index is 11.5. The number of carbonyl (C=O) groups is 1.